The van der Waals surface area contributed by atoms with Crippen LogP contribution in [0.5, 0.6) is 5.75 Å². The van der Waals surface area contributed by atoms with E-state index in [2.05, 4.69) is 10.2 Å². The van der Waals surface area contributed by atoms with Crippen LogP contribution in [0.15, 0.2) is 41.2 Å². The Labute approximate surface area is 221 Å². The van der Waals surface area contributed by atoms with E-state index in [1.54, 1.807) is 30.3 Å². The Morgan fingerprint density at radius 3 is 2.67 bits per heavy atom. The Hall–Kier alpha value is -2.61. The Balaban J connectivity index is 1.63. The van der Waals surface area contributed by atoms with Gasteiger partial charge in [-0.2, -0.15) is 0 Å². The number of amides is 1. The minimum atomic E-state index is -0.344. The molecule has 0 bridgehead atoms. The van der Waals surface area contributed by atoms with E-state index in [1.807, 2.05) is 19.9 Å². The first-order valence-electron chi connectivity index (χ1n) is 12.5. The van der Waals surface area contributed by atoms with Crippen molar-refractivity contribution in [2.24, 2.45) is 0 Å². The fourth-order valence-corrected chi connectivity index (χ4v) is 4.88. The van der Waals surface area contributed by atoms with Crippen LogP contribution in [0.25, 0.3) is 22.3 Å². The highest BCUT2D eigenvalue weighted by Crippen LogP contribution is 2.33. The second-order valence-electron chi connectivity index (χ2n) is 9.43. The van der Waals surface area contributed by atoms with Crippen LogP contribution in [0.4, 0.5) is 0 Å². The maximum Gasteiger partial charge on any atom is 0.262 e. The van der Waals surface area contributed by atoms with Gasteiger partial charge in [0.25, 0.3) is 5.56 Å². The van der Waals surface area contributed by atoms with E-state index in [0.29, 0.717) is 33.8 Å². The summed E-state index contributed by atoms with van der Waals surface area (Å²) in [6.07, 6.45) is 4.77. The average Bonchev–Trinajstić information content (AvgIpc) is 2.85. The van der Waals surface area contributed by atoms with Crippen molar-refractivity contribution in [3.05, 3.63) is 56.8 Å². The Morgan fingerprint density at radius 1 is 1.14 bits per heavy atom. The maximum absolute atomic E-state index is 13.6. The molecule has 2 heterocycles. The first kappa shape index (κ1) is 26.5. The van der Waals surface area contributed by atoms with E-state index < -0.39 is 0 Å². The molecule has 1 N–H and O–H groups in total. The van der Waals surface area contributed by atoms with Crippen LogP contribution in [0.1, 0.15) is 39.5 Å². The topological polar surface area (TPSA) is 76.5 Å². The van der Waals surface area contributed by atoms with Crippen LogP contribution in [0.2, 0.25) is 10.0 Å². The summed E-state index contributed by atoms with van der Waals surface area (Å²) < 4.78 is 7.31. The number of benzene rings is 2. The summed E-state index contributed by atoms with van der Waals surface area (Å²) in [6, 6.07) is 10.3. The summed E-state index contributed by atoms with van der Waals surface area (Å²) in [5, 5.41) is 3.82. The molecule has 1 aromatic heterocycles. The van der Waals surface area contributed by atoms with Gasteiger partial charge in [0, 0.05) is 18.2 Å². The van der Waals surface area contributed by atoms with Crippen molar-refractivity contribution in [1.29, 1.82) is 0 Å². The Kier molecular flexibility index (Phi) is 8.88. The van der Waals surface area contributed by atoms with Gasteiger partial charge in [0.15, 0.2) is 0 Å². The number of nitrogens with zero attached hydrogens (tertiary/aromatic N) is 3. The number of rotatable bonds is 9. The average molecular weight is 531 g/mol. The third-order valence-electron chi connectivity index (χ3n) is 6.21. The summed E-state index contributed by atoms with van der Waals surface area (Å²) in [6.45, 7) is 7.42. The number of fused-ring (bicyclic) bond motifs is 1. The zero-order valence-electron chi connectivity index (χ0n) is 20.7. The lowest BCUT2D eigenvalue weighted by Crippen LogP contribution is -2.37. The molecule has 1 amide bonds. The molecule has 1 aliphatic rings. The number of hydrogen-bond donors (Lipinski definition) is 1. The van der Waals surface area contributed by atoms with Crippen LogP contribution < -0.4 is 15.6 Å². The van der Waals surface area contributed by atoms with Gasteiger partial charge in [-0.1, -0.05) is 35.7 Å². The zero-order chi connectivity index (χ0) is 25.7. The molecular formula is C27H32Cl2N4O3. The van der Waals surface area contributed by atoms with Gasteiger partial charge < -0.3 is 15.0 Å². The van der Waals surface area contributed by atoms with E-state index in [9.17, 15) is 9.59 Å². The summed E-state index contributed by atoms with van der Waals surface area (Å²) in [5.74, 6) is 0.596. The predicted molar refractivity (Wildman–Crippen MR) is 145 cm³/mol. The summed E-state index contributed by atoms with van der Waals surface area (Å²) in [7, 11) is 0. The lowest BCUT2D eigenvalue weighted by Gasteiger charge is -2.26. The van der Waals surface area contributed by atoms with Gasteiger partial charge in [-0.15, -0.1) is 0 Å². The number of likely N-dealkylation sites (tertiary alicyclic amines) is 1. The van der Waals surface area contributed by atoms with E-state index in [0.717, 1.165) is 26.1 Å². The number of hydrogen-bond acceptors (Lipinski definition) is 5. The van der Waals surface area contributed by atoms with Crippen molar-refractivity contribution in [3.8, 4) is 17.1 Å². The van der Waals surface area contributed by atoms with Crippen molar-refractivity contribution in [1.82, 2.24) is 19.8 Å². The standard InChI is InChI=1S/C27H32Cl2N4O3/c1-18(2)30-24(34)17-33-26(20-8-6-9-22(28)25(20)29)31-23-11-10-19(16-21(23)27(33)35)36-15-7-14-32-12-4-3-5-13-32/h6,8-11,16,18H,3-5,7,12-15,17H2,1-2H3,(H,30,34). The van der Waals surface area contributed by atoms with Gasteiger partial charge in [-0.05, 0) is 76.5 Å². The molecule has 1 saturated heterocycles. The van der Waals surface area contributed by atoms with Gasteiger partial charge >= 0.3 is 0 Å². The van der Waals surface area contributed by atoms with Gasteiger partial charge in [-0.25, -0.2) is 4.98 Å². The minimum absolute atomic E-state index is 0.0650. The predicted octanol–water partition coefficient (Wildman–Crippen LogP) is 5.15. The molecule has 0 radical (unpaired) electrons. The number of piperidine rings is 1. The lowest BCUT2D eigenvalue weighted by molar-refractivity contribution is -0.122. The van der Waals surface area contributed by atoms with Gasteiger partial charge in [0.2, 0.25) is 5.91 Å². The van der Waals surface area contributed by atoms with Crippen LogP contribution in [-0.4, -0.2) is 52.6 Å². The minimum Gasteiger partial charge on any atom is -0.494 e. The van der Waals surface area contributed by atoms with Crippen LogP contribution in [0.3, 0.4) is 0 Å². The molecule has 0 aliphatic carbocycles. The molecule has 7 nitrogen and oxygen atoms in total. The van der Waals surface area contributed by atoms with Gasteiger partial charge in [-0.3, -0.25) is 14.2 Å². The van der Waals surface area contributed by atoms with Gasteiger partial charge in [0.1, 0.15) is 18.1 Å². The number of ether oxygens (including phenoxy) is 1. The largest absolute Gasteiger partial charge is 0.494 e. The first-order chi connectivity index (χ1) is 17.3. The molecule has 0 atom stereocenters. The molecule has 0 spiro atoms. The summed E-state index contributed by atoms with van der Waals surface area (Å²) in [4.78, 5) is 33.5. The molecule has 9 heteroatoms. The fraction of sp³-hybridized carbons (Fsp3) is 0.444. The van der Waals surface area contributed by atoms with Crippen molar-refractivity contribution < 1.29 is 9.53 Å². The number of halogens is 2. The van der Waals surface area contributed by atoms with Crippen LogP contribution in [-0.2, 0) is 11.3 Å². The number of aromatic nitrogens is 2. The molecular weight excluding hydrogens is 499 g/mol. The van der Waals surface area contributed by atoms with Crippen molar-refractivity contribution in [3.63, 3.8) is 0 Å². The van der Waals surface area contributed by atoms with Gasteiger partial charge in [0.05, 0.1) is 27.6 Å². The van der Waals surface area contributed by atoms with Crippen LogP contribution in [0, 0.1) is 0 Å². The SMILES string of the molecule is CC(C)NC(=O)Cn1c(-c2cccc(Cl)c2Cl)nc2ccc(OCCCN3CCCCC3)cc2c1=O. The van der Waals surface area contributed by atoms with E-state index in [-0.39, 0.29) is 34.9 Å². The quantitative estimate of drug-likeness (QED) is 0.387. The molecule has 192 valence electrons. The molecule has 0 unspecified atom stereocenters. The molecule has 1 aliphatic heterocycles. The number of carbonyl (C=O) groups is 1. The second kappa shape index (κ2) is 12.1. The zero-order valence-corrected chi connectivity index (χ0v) is 22.2. The number of carbonyl (C=O) groups excluding carboxylic acids is 1. The Bertz CT molecular complexity index is 1290. The summed E-state index contributed by atoms with van der Waals surface area (Å²) >= 11 is 12.7. The van der Waals surface area contributed by atoms with E-state index >= 15 is 0 Å². The van der Waals surface area contributed by atoms with E-state index in [1.165, 1.54) is 23.8 Å². The number of nitrogens with one attached hydrogen (secondary N) is 1. The van der Waals surface area contributed by atoms with Crippen molar-refractivity contribution >= 4 is 40.0 Å². The third kappa shape index (κ3) is 6.38. The normalized spacial score (nSPS) is 14.4. The lowest BCUT2D eigenvalue weighted by atomic mass is 10.1. The second-order valence-corrected chi connectivity index (χ2v) is 10.2. The highest BCUT2D eigenvalue weighted by atomic mass is 35.5. The maximum atomic E-state index is 13.6. The molecule has 4 rings (SSSR count). The smallest absolute Gasteiger partial charge is 0.262 e. The molecule has 2 aromatic carbocycles. The third-order valence-corrected chi connectivity index (χ3v) is 7.02. The summed E-state index contributed by atoms with van der Waals surface area (Å²) in [5.41, 5.74) is 0.634. The molecule has 1 fully saturated rings. The highest BCUT2D eigenvalue weighted by Gasteiger charge is 2.19. The fourth-order valence-electron chi connectivity index (χ4n) is 4.49. The van der Waals surface area contributed by atoms with Crippen molar-refractivity contribution in [2.45, 2.75) is 52.1 Å². The van der Waals surface area contributed by atoms with E-state index in [4.69, 9.17) is 32.9 Å². The Morgan fingerprint density at radius 2 is 1.92 bits per heavy atom. The first-order valence-corrected chi connectivity index (χ1v) is 13.2. The van der Waals surface area contributed by atoms with Crippen molar-refractivity contribution in [2.75, 3.05) is 26.2 Å². The molecule has 0 saturated carbocycles. The molecule has 3 aromatic rings. The molecule has 36 heavy (non-hydrogen) atoms. The van der Waals surface area contributed by atoms with Crippen LogP contribution >= 0.6 is 23.2 Å². The highest BCUT2D eigenvalue weighted by molar-refractivity contribution is 6.43. The monoisotopic (exact) mass is 530 g/mol.